The number of hydrogen-bond acceptors (Lipinski definition) is 7. The van der Waals surface area contributed by atoms with Crippen LogP contribution in [0.25, 0.3) is 0 Å². The molecule has 12 heteroatoms. The number of alkyl halides is 3. The molecule has 4 N–H and O–H groups in total. The summed E-state index contributed by atoms with van der Waals surface area (Å²) >= 11 is 0. The number of nitrogens with two attached hydrogens (primary N) is 1. The second-order valence-electron chi connectivity index (χ2n) is 7.91. The summed E-state index contributed by atoms with van der Waals surface area (Å²) in [6.45, 7) is 0.121. The maximum atomic E-state index is 12.9. The number of carbonyl (C=O) groups excluding carboxylic acids is 3. The molecule has 0 aromatic heterocycles. The Morgan fingerprint density at radius 1 is 1.17 bits per heavy atom. The number of piperidine rings is 1. The van der Waals surface area contributed by atoms with Gasteiger partial charge in [-0.1, -0.05) is 6.07 Å². The summed E-state index contributed by atoms with van der Waals surface area (Å²) in [5.41, 5.74) is 7.76. The van der Waals surface area contributed by atoms with E-state index < -0.39 is 18.3 Å². The number of amides is 3. The first kappa shape index (κ1) is 23.9. The molecule has 2 aliphatic heterocycles. The van der Waals surface area contributed by atoms with Crippen LogP contribution < -0.4 is 25.8 Å². The molecule has 1 fully saturated rings. The predicted molar refractivity (Wildman–Crippen MR) is 117 cm³/mol. The fourth-order valence-corrected chi connectivity index (χ4v) is 3.82. The van der Waals surface area contributed by atoms with Crippen LogP contribution in [0.1, 0.15) is 28.8 Å². The first-order valence-electron chi connectivity index (χ1n) is 10.6. The second-order valence-corrected chi connectivity index (χ2v) is 7.91. The molecule has 0 saturated carbocycles. The Hall–Kier alpha value is -4.22. The van der Waals surface area contributed by atoms with Gasteiger partial charge in [0.25, 0.3) is 5.91 Å². The van der Waals surface area contributed by atoms with Gasteiger partial charge in [0, 0.05) is 29.4 Å². The van der Waals surface area contributed by atoms with E-state index >= 15 is 0 Å². The monoisotopic (exact) mass is 490 g/mol. The lowest BCUT2D eigenvalue weighted by atomic mass is 10.0. The molecule has 2 aromatic carbocycles. The van der Waals surface area contributed by atoms with Crippen molar-refractivity contribution in [3.05, 3.63) is 65.5 Å². The molecule has 2 heterocycles. The Kier molecular flexibility index (Phi) is 6.54. The molecule has 1 atom stereocenters. The van der Waals surface area contributed by atoms with Crippen molar-refractivity contribution < 1.29 is 37.0 Å². The highest BCUT2D eigenvalue weighted by Crippen LogP contribution is 2.33. The molecule has 35 heavy (non-hydrogen) atoms. The van der Waals surface area contributed by atoms with Crippen molar-refractivity contribution in [2.75, 3.05) is 11.9 Å². The summed E-state index contributed by atoms with van der Waals surface area (Å²) in [4.78, 5) is 37.9. The molecule has 0 bridgehead atoms. The van der Waals surface area contributed by atoms with Crippen molar-refractivity contribution in [3.8, 4) is 11.5 Å². The van der Waals surface area contributed by atoms with E-state index in [1.165, 1.54) is 23.2 Å². The van der Waals surface area contributed by atoms with E-state index in [0.29, 0.717) is 22.6 Å². The summed E-state index contributed by atoms with van der Waals surface area (Å²) in [7, 11) is 0. The highest BCUT2D eigenvalue weighted by molar-refractivity contribution is 6.05. The van der Waals surface area contributed by atoms with E-state index in [1.807, 2.05) is 0 Å². The Labute approximate surface area is 197 Å². The van der Waals surface area contributed by atoms with Crippen molar-refractivity contribution >= 4 is 23.4 Å². The average molecular weight is 490 g/mol. The summed E-state index contributed by atoms with van der Waals surface area (Å²) in [6.07, 6.45) is -2.92. The van der Waals surface area contributed by atoms with Crippen LogP contribution in [-0.2, 0) is 16.1 Å². The third kappa shape index (κ3) is 5.65. The number of fused-ring (bicyclic) bond motifs is 1. The third-order valence-electron chi connectivity index (χ3n) is 5.45. The molecule has 184 valence electrons. The van der Waals surface area contributed by atoms with E-state index in [-0.39, 0.29) is 49.3 Å². The largest absolute Gasteiger partial charge is 0.573 e. The average Bonchev–Trinajstić information content (AvgIpc) is 3.13. The van der Waals surface area contributed by atoms with Crippen LogP contribution in [0.3, 0.4) is 0 Å². The number of nitrogens with zero attached hydrogens (tertiary/aromatic N) is 1. The molecule has 0 radical (unpaired) electrons. The number of rotatable bonds is 7. The summed E-state index contributed by atoms with van der Waals surface area (Å²) < 4.78 is 46.3. The minimum Gasteiger partial charge on any atom is -0.487 e. The van der Waals surface area contributed by atoms with E-state index in [9.17, 15) is 27.6 Å². The van der Waals surface area contributed by atoms with Gasteiger partial charge in [-0.25, -0.2) is 0 Å². The van der Waals surface area contributed by atoms with Crippen LogP contribution in [0.4, 0.5) is 18.9 Å². The van der Waals surface area contributed by atoms with Crippen LogP contribution in [-0.4, -0.2) is 41.6 Å². The number of ether oxygens (including phenoxy) is 2. The van der Waals surface area contributed by atoms with Crippen molar-refractivity contribution in [3.63, 3.8) is 0 Å². The van der Waals surface area contributed by atoms with Gasteiger partial charge in [0.15, 0.2) is 0 Å². The number of hydrogen-bond donors (Lipinski definition) is 3. The molecule has 2 aromatic rings. The number of anilines is 1. The van der Waals surface area contributed by atoms with E-state index in [2.05, 4.69) is 15.4 Å². The van der Waals surface area contributed by atoms with Gasteiger partial charge in [-0.2, -0.15) is 0 Å². The zero-order valence-corrected chi connectivity index (χ0v) is 18.2. The Bertz CT molecular complexity index is 1180. The highest BCUT2D eigenvalue weighted by Gasteiger charge is 2.40. The standard InChI is InChI=1S/C23H21F3N4O5/c24-23(25,26)35-15-6-4-14(5-7-15)28-10-13(27)12-34-19-3-1-2-16-17(19)11-30(22(16)33)18-8-9-20(31)29-21(18)32/h1-7,10,18,28H,8-9,11-12,27H2,(H,29,31,32)/b13-10-. The summed E-state index contributed by atoms with van der Waals surface area (Å²) in [5.74, 6) is -1.09. The summed E-state index contributed by atoms with van der Waals surface area (Å²) in [6, 6.07) is 9.36. The molecule has 9 nitrogen and oxygen atoms in total. The van der Waals surface area contributed by atoms with Crippen LogP contribution in [0, 0.1) is 0 Å². The molecular weight excluding hydrogens is 469 g/mol. The smallest absolute Gasteiger partial charge is 0.487 e. The van der Waals surface area contributed by atoms with Gasteiger partial charge in [-0.15, -0.1) is 13.2 Å². The number of imide groups is 1. The molecule has 1 unspecified atom stereocenters. The molecule has 0 aliphatic carbocycles. The van der Waals surface area contributed by atoms with Gasteiger partial charge in [-0.05, 0) is 42.8 Å². The van der Waals surface area contributed by atoms with Crippen LogP contribution in [0.15, 0.2) is 54.4 Å². The number of carbonyl (C=O) groups is 3. The lowest BCUT2D eigenvalue weighted by Gasteiger charge is -2.29. The van der Waals surface area contributed by atoms with Crippen LogP contribution in [0.5, 0.6) is 11.5 Å². The normalized spacial score (nSPS) is 18.3. The van der Waals surface area contributed by atoms with Gasteiger partial charge in [0.05, 0.1) is 12.2 Å². The van der Waals surface area contributed by atoms with E-state index in [4.69, 9.17) is 10.5 Å². The molecule has 2 aliphatic rings. The second kappa shape index (κ2) is 9.57. The molecule has 1 saturated heterocycles. The quantitative estimate of drug-likeness (QED) is 0.510. The fraction of sp³-hybridized carbons (Fsp3) is 0.261. The van der Waals surface area contributed by atoms with Crippen molar-refractivity contribution in [2.45, 2.75) is 31.8 Å². The van der Waals surface area contributed by atoms with Crippen molar-refractivity contribution in [2.24, 2.45) is 5.73 Å². The van der Waals surface area contributed by atoms with Crippen molar-refractivity contribution in [1.82, 2.24) is 10.2 Å². The van der Waals surface area contributed by atoms with Gasteiger partial charge in [0.2, 0.25) is 11.8 Å². The third-order valence-corrected chi connectivity index (χ3v) is 5.45. The summed E-state index contributed by atoms with van der Waals surface area (Å²) in [5, 5.41) is 5.11. The Balaban J connectivity index is 1.37. The van der Waals surface area contributed by atoms with Gasteiger partial charge in [-0.3, -0.25) is 19.7 Å². The van der Waals surface area contributed by atoms with Gasteiger partial charge >= 0.3 is 6.36 Å². The maximum absolute atomic E-state index is 12.9. The van der Waals surface area contributed by atoms with Crippen LogP contribution in [0.2, 0.25) is 0 Å². The zero-order valence-electron chi connectivity index (χ0n) is 18.2. The minimum absolute atomic E-state index is 0.0364. The fourth-order valence-electron chi connectivity index (χ4n) is 3.82. The SMILES string of the molecule is N/C(=C\Nc1ccc(OC(F)(F)F)cc1)COc1cccc2c1CN(C1CCC(=O)NC1=O)C2=O. The number of benzene rings is 2. The van der Waals surface area contributed by atoms with E-state index in [1.54, 1.807) is 18.2 Å². The Morgan fingerprint density at radius 3 is 2.60 bits per heavy atom. The zero-order chi connectivity index (χ0) is 25.2. The molecule has 0 spiro atoms. The van der Waals surface area contributed by atoms with Gasteiger partial charge < -0.3 is 25.4 Å². The van der Waals surface area contributed by atoms with Crippen molar-refractivity contribution in [1.29, 1.82) is 0 Å². The highest BCUT2D eigenvalue weighted by atomic mass is 19.4. The minimum atomic E-state index is -4.77. The maximum Gasteiger partial charge on any atom is 0.573 e. The molecule has 3 amide bonds. The first-order chi connectivity index (χ1) is 16.6. The lowest BCUT2D eigenvalue weighted by molar-refractivity contribution is -0.274. The molecular formula is C23H21F3N4O5. The van der Waals surface area contributed by atoms with Gasteiger partial charge in [0.1, 0.15) is 24.1 Å². The number of halogens is 3. The number of nitrogens with one attached hydrogen (secondary N) is 2. The molecule has 4 rings (SSSR count). The first-order valence-corrected chi connectivity index (χ1v) is 10.6. The Morgan fingerprint density at radius 2 is 1.91 bits per heavy atom. The lowest BCUT2D eigenvalue weighted by Crippen LogP contribution is -2.52. The topological polar surface area (TPSA) is 123 Å². The van der Waals surface area contributed by atoms with Crippen LogP contribution >= 0.6 is 0 Å². The predicted octanol–water partition coefficient (Wildman–Crippen LogP) is 2.64. The van der Waals surface area contributed by atoms with E-state index in [0.717, 1.165) is 12.1 Å².